The smallest absolute Gasteiger partial charge is 0.339 e. The minimum Gasteiger partial charge on any atom is -0.378 e. The van der Waals surface area contributed by atoms with Crippen LogP contribution in [0.2, 0.25) is 0 Å². The lowest BCUT2D eigenvalue weighted by Crippen LogP contribution is -2.35. The van der Waals surface area contributed by atoms with E-state index >= 15 is 0 Å². The Balaban J connectivity index is 1.48. The zero-order valence-corrected chi connectivity index (χ0v) is 19.1. The first-order valence-electron chi connectivity index (χ1n) is 10.1. The second-order valence-corrected chi connectivity index (χ2v) is 9.68. The summed E-state index contributed by atoms with van der Waals surface area (Å²) >= 11 is 1.21. The number of carbonyl (C=O) groups is 1. The number of carbonyl (C=O) groups excluding carboxylic acids is 1. The SMILES string of the molecule is N=C1/C(=C/c2ccccc2OS(=O)(=O)c2ccccc2)C(=O)N=C2SC(c3ccccc3)=NN12. The van der Waals surface area contributed by atoms with Crippen LogP contribution < -0.4 is 4.18 Å². The number of fused-ring (bicyclic) bond motifs is 1. The molecular weight excluding hydrogens is 472 g/mol. The van der Waals surface area contributed by atoms with Crippen LogP contribution in [0.15, 0.2) is 105 Å². The lowest BCUT2D eigenvalue weighted by molar-refractivity contribution is -0.114. The van der Waals surface area contributed by atoms with E-state index in [0.717, 1.165) is 5.56 Å². The van der Waals surface area contributed by atoms with Gasteiger partial charge in [0, 0.05) is 11.1 Å². The van der Waals surface area contributed by atoms with Crippen molar-refractivity contribution in [1.82, 2.24) is 5.01 Å². The number of aliphatic imine (C=N–C) groups is 1. The van der Waals surface area contributed by atoms with Gasteiger partial charge in [-0.2, -0.15) is 23.5 Å². The molecule has 2 heterocycles. The third-order valence-corrected chi connectivity index (χ3v) is 7.13. The van der Waals surface area contributed by atoms with Gasteiger partial charge in [-0.05, 0) is 36.0 Å². The molecule has 0 radical (unpaired) electrons. The van der Waals surface area contributed by atoms with Gasteiger partial charge in [-0.25, -0.2) is 0 Å². The molecule has 3 aromatic carbocycles. The van der Waals surface area contributed by atoms with Crippen molar-refractivity contribution in [3.63, 3.8) is 0 Å². The highest BCUT2D eigenvalue weighted by Crippen LogP contribution is 2.32. The molecule has 0 atom stereocenters. The molecule has 0 saturated heterocycles. The van der Waals surface area contributed by atoms with Gasteiger partial charge in [-0.3, -0.25) is 10.2 Å². The number of amides is 1. The first kappa shape index (κ1) is 21.8. The highest BCUT2D eigenvalue weighted by Gasteiger charge is 2.36. The molecule has 34 heavy (non-hydrogen) atoms. The van der Waals surface area contributed by atoms with Crippen LogP contribution in [0, 0.1) is 5.41 Å². The van der Waals surface area contributed by atoms with Crippen molar-refractivity contribution in [1.29, 1.82) is 5.41 Å². The number of nitrogens with one attached hydrogen (secondary N) is 1. The molecule has 3 aromatic rings. The summed E-state index contributed by atoms with van der Waals surface area (Å²) in [5.74, 6) is -0.748. The van der Waals surface area contributed by atoms with Crippen molar-refractivity contribution in [3.8, 4) is 5.75 Å². The summed E-state index contributed by atoms with van der Waals surface area (Å²) in [4.78, 5) is 16.9. The van der Waals surface area contributed by atoms with Crippen molar-refractivity contribution in [2.45, 2.75) is 4.90 Å². The number of hydrogen-bond donors (Lipinski definition) is 1. The largest absolute Gasteiger partial charge is 0.378 e. The predicted octanol–water partition coefficient (Wildman–Crippen LogP) is 4.12. The molecule has 0 saturated carbocycles. The molecule has 2 aliphatic heterocycles. The van der Waals surface area contributed by atoms with E-state index in [1.165, 1.54) is 41.0 Å². The fourth-order valence-corrected chi connectivity index (χ4v) is 5.15. The normalized spacial score (nSPS) is 16.8. The minimum atomic E-state index is -4.09. The topological polar surface area (TPSA) is 112 Å². The van der Waals surface area contributed by atoms with Gasteiger partial charge in [-0.1, -0.05) is 66.7 Å². The first-order chi connectivity index (χ1) is 16.4. The van der Waals surface area contributed by atoms with Gasteiger partial charge >= 0.3 is 10.1 Å². The van der Waals surface area contributed by atoms with Crippen molar-refractivity contribution >= 4 is 49.9 Å². The molecule has 2 aliphatic rings. The molecular formula is C24H16N4O4S2. The van der Waals surface area contributed by atoms with E-state index in [1.807, 2.05) is 30.3 Å². The average molecular weight is 489 g/mol. The Kier molecular flexibility index (Phi) is 5.60. The molecule has 0 aromatic heterocycles. The average Bonchev–Trinajstić information content (AvgIpc) is 3.28. The van der Waals surface area contributed by atoms with Crippen molar-refractivity contribution in [2.75, 3.05) is 0 Å². The molecule has 168 valence electrons. The first-order valence-corrected chi connectivity index (χ1v) is 12.3. The number of amidine groups is 2. The minimum absolute atomic E-state index is 0.00468. The lowest BCUT2D eigenvalue weighted by Gasteiger charge is -2.20. The fourth-order valence-electron chi connectivity index (χ4n) is 3.27. The summed E-state index contributed by atoms with van der Waals surface area (Å²) in [5.41, 5.74) is 1.13. The van der Waals surface area contributed by atoms with Crippen LogP contribution in [0.5, 0.6) is 5.75 Å². The summed E-state index contributed by atoms with van der Waals surface area (Å²) < 4.78 is 30.7. The molecule has 5 rings (SSSR count). The number of benzene rings is 3. The Morgan fingerprint density at radius 1 is 0.912 bits per heavy atom. The number of rotatable bonds is 5. The van der Waals surface area contributed by atoms with E-state index in [0.29, 0.717) is 15.8 Å². The summed E-state index contributed by atoms with van der Waals surface area (Å²) in [6.45, 7) is 0. The maximum atomic E-state index is 12.8. The number of hydrogen-bond acceptors (Lipinski definition) is 7. The number of thioether (sulfide) groups is 1. The van der Waals surface area contributed by atoms with E-state index in [1.54, 1.807) is 36.4 Å². The van der Waals surface area contributed by atoms with Crippen LogP contribution >= 0.6 is 11.8 Å². The zero-order valence-electron chi connectivity index (χ0n) is 17.5. The van der Waals surface area contributed by atoms with Crippen LogP contribution in [-0.4, -0.2) is 35.4 Å². The van der Waals surface area contributed by atoms with Gasteiger partial charge in [-0.15, -0.1) is 0 Å². The van der Waals surface area contributed by atoms with Gasteiger partial charge < -0.3 is 4.18 Å². The van der Waals surface area contributed by atoms with Gasteiger partial charge in [0.25, 0.3) is 5.91 Å². The monoisotopic (exact) mass is 488 g/mol. The second-order valence-electron chi connectivity index (χ2n) is 7.18. The standard InChI is InChI=1S/C24H16N4O4S2/c25-21-19(22(29)26-24-28(21)27-23(33-24)16-9-3-1-4-10-16)15-17-11-7-8-14-20(17)32-34(30,31)18-12-5-2-6-13-18/h1-15,25H/b19-15-,25-21?. The molecule has 0 fully saturated rings. The van der Waals surface area contributed by atoms with E-state index in [9.17, 15) is 13.2 Å². The van der Waals surface area contributed by atoms with Crippen molar-refractivity contribution in [3.05, 3.63) is 102 Å². The van der Waals surface area contributed by atoms with E-state index in [-0.39, 0.29) is 22.1 Å². The highest BCUT2D eigenvalue weighted by atomic mass is 32.2. The summed E-state index contributed by atoms with van der Waals surface area (Å²) in [6.07, 6.45) is 1.39. The van der Waals surface area contributed by atoms with Gasteiger partial charge in [0.15, 0.2) is 5.84 Å². The van der Waals surface area contributed by atoms with Crippen LogP contribution in [0.1, 0.15) is 11.1 Å². The zero-order chi connectivity index (χ0) is 23.7. The number of hydrazone groups is 1. The molecule has 8 nitrogen and oxygen atoms in total. The van der Waals surface area contributed by atoms with Gasteiger partial charge in [0.1, 0.15) is 15.7 Å². The molecule has 0 aliphatic carbocycles. The van der Waals surface area contributed by atoms with Crippen LogP contribution in [0.3, 0.4) is 0 Å². The second kappa shape index (κ2) is 8.73. The van der Waals surface area contributed by atoms with Crippen molar-refractivity contribution < 1.29 is 17.4 Å². The highest BCUT2D eigenvalue weighted by molar-refractivity contribution is 8.27. The molecule has 0 bridgehead atoms. The van der Waals surface area contributed by atoms with Crippen LogP contribution in [0.25, 0.3) is 6.08 Å². The number of nitrogens with zero attached hydrogens (tertiary/aromatic N) is 3. The fraction of sp³-hybridized carbons (Fsp3) is 0. The Morgan fingerprint density at radius 2 is 1.56 bits per heavy atom. The lowest BCUT2D eigenvalue weighted by atomic mass is 10.1. The van der Waals surface area contributed by atoms with E-state index in [4.69, 9.17) is 9.59 Å². The third kappa shape index (κ3) is 4.16. The van der Waals surface area contributed by atoms with E-state index in [2.05, 4.69) is 10.1 Å². The Morgan fingerprint density at radius 3 is 2.29 bits per heavy atom. The molecule has 0 spiro atoms. The van der Waals surface area contributed by atoms with Crippen LogP contribution in [-0.2, 0) is 14.9 Å². The molecule has 0 unspecified atom stereocenters. The summed E-state index contributed by atoms with van der Waals surface area (Å²) in [6, 6.07) is 23.5. The van der Waals surface area contributed by atoms with Gasteiger partial charge in [0.05, 0.1) is 5.57 Å². The maximum absolute atomic E-state index is 12.8. The van der Waals surface area contributed by atoms with Gasteiger partial charge in [0.2, 0.25) is 5.17 Å². The Bertz CT molecular complexity index is 1500. The predicted molar refractivity (Wildman–Crippen MR) is 131 cm³/mol. The van der Waals surface area contributed by atoms with Crippen LogP contribution in [0.4, 0.5) is 0 Å². The van der Waals surface area contributed by atoms with E-state index < -0.39 is 16.0 Å². The Labute approximate surface area is 199 Å². The quantitative estimate of drug-likeness (QED) is 0.427. The third-order valence-electron chi connectivity index (χ3n) is 4.93. The van der Waals surface area contributed by atoms with Crippen molar-refractivity contribution in [2.24, 2.45) is 10.1 Å². The Hall–Kier alpha value is -4.02. The molecule has 1 amide bonds. The summed E-state index contributed by atoms with van der Waals surface area (Å²) in [5, 5.41) is 15.2. The molecule has 10 heteroatoms. The maximum Gasteiger partial charge on any atom is 0.339 e. The molecule has 1 N–H and O–H groups in total. The number of para-hydroxylation sites is 1. The summed E-state index contributed by atoms with van der Waals surface area (Å²) in [7, 11) is -4.09.